The van der Waals surface area contributed by atoms with E-state index < -0.39 is 0 Å². The predicted octanol–water partition coefficient (Wildman–Crippen LogP) is 4.76. The second-order valence-electron chi connectivity index (χ2n) is 12.2. The van der Waals surface area contributed by atoms with Gasteiger partial charge in [0.15, 0.2) is 5.82 Å². The summed E-state index contributed by atoms with van der Waals surface area (Å²) in [6, 6.07) is 11.6. The largest absolute Gasteiger partial charge is 0.381 e. The number of hydrogen-bond acceptors (Lipinski definition) is 7. The van der Waals surface area contributed by atoms with Crippen LogP contribution in [0, 0.1) is 0 Å². The van der Waals surface area contributed by atoms with E-state index in [1.165, 1.54) is 27.9 Å². The lowest BCUT2D eigenvalue weighted by molar-refractivity contribution is -0.129. The molecule has 4 aliphatic rings. The number of anilines is 2. The molecule has 0 atom stereocenters. The van der Waals surface area contributed by atoms with Gasteiger partial charge in [0, 0.05) is 89.2 Å². The Bertz CT molecular complexity index is 1410. The van der Waals surface area contributed by atoms with E-state index in [4.69, 9.17) is 14.8 Å². The highest BCUT2D eigenvalue weighted by atomic mass is 16.5. The number of benzene rings is 1. The summed E-state index contributed by atoms with van der Waals surface area (Å²) in [5, 5.41) is 8.72. The molecule has 0 saturated carbocycles. The molecule has 0 unspecified atom stereocenters. The lowest BCUT2D eigenvalue weighted by Gasteiger charge is -2.32. The van der Waals surface area contributed by atoms with Crippen LogP contribution in [0.2, 0.25) is 0 Å². The van der Waals surface area contributed by atoms with Crippen molar-refractivity contribution in [3.8, 4) is 11.3 Å². The first-order chi connectivity index (χ1) is 21.6. The molecule has 2 saturated heterocycles. The third kappa shape index (κ3) is 6.55. The predicted molar refractivity (Wildman–Crippen MR) is 175 cm³/mol. The number of ether oxygens (including phenoxy) is 1. The van der Waals surface area contributed by atoms with Gasteiger partial charge in [-0.3, -0.25) is 14.5 Å². The number of carbonyl (C=O) groups excluding carboxylic acids is 1. The number of fused-ring (bicyclic) bond motifs is 2. The van der Waals surface area contributed by atoms with Gasteiger partial charge in [0.05, 0.1) is 30.2 Å². The molecule has 0 bridgehead atoms. The first kappa shape index (κ1) is 30.7. The van der Waals surface area contributed by atoms with Gasteiger partial charge >= 0.3 is 0 Å². The first-order valence-electron chi connectivity index (χ1n) is 16.9. The lowest BCUT2D eigenvalue weighted by Crippen LogP contribution is -2.44. The molecule has 44 heavy (non-hydrogen) atoms. The number of carbonyl (C=O) groups is 1. The lowest BCUT2D eigenvalue weighted by atomic mass is 9.98. The Labute approximate surface area is 262 Å². The van der Waals surface area contributed by atoms with E-state index in [2.05, 4.69) is 50.1 Å². The van der Waals surface area contributed by atoms with E-state index in [-0.39, 0.29) is 5.91 Å². The Morgan fingerprint density at radius 1 is 1.02 bits per heavy atom. The van der Waals surface area contributed by atoms with E-state index in [0.29, 0.717) is 12.6 Å². The summed E-state index contributed by atoms with van der Waals surface area (Å²) in [7, 11) is 0. The Kier molecular flexibility index (Phi) is 9.94. The molecule has 3 aromatic rings. The van der Waals surface area contributed by atoms with Crippen LogP contribution in [0.1, 0.15) is 68.5 Å². The molecule has 1 amide bonds. The molecule has 0 aliphatic carbocycles. The van der Waals surface area contributed by atoms with Crippen molar-refractivity contribution >= 4 is 17.4 Å². The number of piperazine rings is 1. The molecule has 236 valence electrons. The average Bonchev–Trinajstić information content (AvgIpc) is 3.47. The summed E-state index contributed by atoms with van der Waals surface area (Å²) >= 11 is 0. The van der Waals surface area contributed by atoms with Crippen molar-refractivity contribution in [3.63, 3.8) is 0 Å². The number of amides is 1. The van der Waals surface area contributed by atoms with Crippen molar-refractivity contribution in [3.05, 3.63) is 58.9 Å². The number of hydrogen-bond donors (Lipinski definition) is 1. The maximum Gasteiger partial charge on any atom is 0.219 e. The molecule has 0 radical (unpaired) electrons. The second-order valence-corrected chi connectivity index (χ2v) is 12.2. The highest BCUT2D eigenvalue weighted by Crippen LogP contribution is 2.40. The summed E-state index contributed by atoms with van der Waals surface area (Å²) in [5.74, 6) is 1.14. The summed E-state index contributed by atoms with van der Waals surface area (Å²) in [5.41, 5.74) is 8.55. The van der Waals surface area contributed by atoms with Crippen LogP contribution >= 0.6 is 0 Å². The number of rotatable bonds is 6. The minimum Gasteiger partial charge on any atom is -0.381 e. The van der Waals surface area contributed by atoms with E-state index in [9.17, 15) is 4.79 Å². The normalized spacial score (nSPS) is 19.2. The van der Waals surface area contributed by atoms with Crippen LogP contribution in [0.3, 0.4) is 0 Å². The second kappa shape index (κ2) is 14.2. The molecule has 1 N–H and O–H groups in total. The monoisotopic (exact) mass is 599 g/mol. The molecule has 9 heteroatoms. The van der Waals surface area contributed by atoms with Gasteiger partial charge in [-0.15, -0.1) is 0 Å². The summed E-state index contributed by atoms with van der Waals surface area (Å²) in [6.45, 7) is 15.1. The van der Waals surface area contributed by atoms with Gasteiger partial charge in [-0.05, 0) is 49.3 Å². The molecule has 1 aromatic carbocycles. The van der Waals surface area contributed by atoms with Crippen molar-refractivity contribution in [2.24, 2.45) is 0 Å². The van der Waals surface area contributed by atoms with Crippen molar-refractivity contribution < 1.29 is 9.53 Å². The van der Waals surface area contributed by atoms with E-state index in [0.717, 1.165) is 115 Å². The highest BCUT2D eigenvalue weighted by Gasteiger charge is 2.33. The van der Waals surface area contributed by atoms with Crippen molar-refractivity contribution in [2.45, 2.75) is 71.9 Å². The molecule has 2 fully saturated rings. The molecule has 2 aromatic heterocycles. The SMILES string of the molecule is CC.CC(=O)N1CCc2c(c(N3CCCc4cc(-c5ccc(CCN6CCNCC6)cc5)ncc43)nn2C2CCOCC2)C1. The van der Waals surface area contributed by atoms with Gasteiger partial charge in [0.1, 0.15) is 0 Å². The van der Waals surface area contributed by atoms with Crippen LogP contribution in [-0.4, -0.2) is 89.5 Å². The fraction of sp³-hybridized carbons (Fsp3) is 0.571. The fourth-order valence-corrected chi connectivity index (χ4v) is 7.07. The Morgan fingerprint density at radius 3 is 2.55 bits per heavy atom. The van der Waals surface area contributed by atoms with Gasteiger partial charge in [0.25, 0.3) is 0 Å². The number of nitrogens with one attached hydrogen (secondary N) is 1. The standard InChI is InChI=1S/C33H43N7O2.C2H6/c1-24(41)38-16-9-31-29(23-38)33(36-40(31)28-10-19-42-20-11-28)39-14-2-3-27-21-30(35-22-32(27)39)26-6-4-25(5-7-26)8-15-37-17-12-34-13-18-37;1-2/h4-7,21-22,28,34H,2-3,8-20,23H2,1H3;1-2H3. The summed E-state index contributed by atoms with van der Waals surface area (Å²) in [4.78, 5) is 24.2. The molecule has 4 aliphatic heterocycles. The van der Waals surface area contributed by atoms with Crippen LogP contribution in [0.25, 0.3) is 11.3 Å². The van der Waals surface area contributed by atoms with Crippen LogP contribution in [0.15, 0.2) is 36.5 Å². The van der Waals surface area contributed by atoms with Gasteiger partial charge < -0.3 is 24.8 Å². The minimum atomic E-state index is 0.130. The topological polar surface area (TPSA) is 78.8 Å². The van der Waals surface area contributed by atoms with Crippen LogP contribution < -0.4 is 10.2 Å². The van der Waals surface area contributed by atoms with E-state index in [1.807, 2.05) is 24.9 Å². The smallest absolute Gasteiger partial charge is 0.219 e. The summed E-state index contributed by atoms with van der Waals surface area (Å²) in [6.07, 6.45) is 8.05. The van der Waals surface area contributed by atoms with Crippen LogP contribution in [-0.2, 0) is 35.3 Å². The minimum absolute atomic E-state index is 0.130. The van der Waals surface area contributed by atoms with Gasteiger partial charge in [0.2, 0.25) is 5.91 Å². The molecule has 9 nitrogen and oxygen atoms in total. The Hall–Kier alpha value is -3.27. The molecular weight excluding hydrogens is 550 g/mol. The third-order valence-corrected chi connectivity index (χ3v) is 9.56. The third-order valence-electron chi connectivity index (χ3n) is 9.56. The maximum atomic E-state index is 12.4. The van der Waals surface area contributed by atoms with Crippen molar-refractivity contribution in [1.29, 1.82) is 0 Å². The molecule has 7 rings (SSSR count). The average molecular weight is 600 g/mol. The van der Waals surface area contributed by atoms with E-state index in [1.54, 1.807) is 6.92 Å². The molecular formula is C35H49N7O2. The zero-order chi connectivity index (χ0) is 30.5. The molecule has 0 spiro atoms. The number of nitrogens with zero attached hydrogens (tertiary/aromatic N) is 6. The Morgan fingerprint density at radius 2 is 1.80 bits per heavy atom. The quantitative estimate of drug-likeness (QED) is 0.438. The maximum absolute atomic E-state index is 12.4. The van der Waals surface area contributed by atoms with Gasteiger partial charge in [-0.25, -0.2) is 0 Å². The number of pyridine rings is 1. The Balaban J connectivity index is 0.00000168. The first-order valence-corrected chi connectivity index (χ1v) is 16.9. The van der Waals surface area contributed by atoms with Crippen molar-refractivity contribution in [2.75, 3.05) is 63.9 Å². The zero-order valence-corrected chi connectivity index (χ0v) is 26.9. The van der Waals surface area contributed by atoms with Gasteiger partial charge in [-0.2, -0.15) is 5.10 Å². The van der Waals surface area contributed by atoms with Gasteiger partial charge in [-0.1, -0.05) is 38.1 Å². The van der Waals surface area contributed by atoms with E-state index >= 15 is 0 Å². The van der Waals surface area contributed by atoms with Crippen LogP contribution in [0.4, 0.5) is 11.5 Å². The zero-order valence-electron chi connectivity index (χ0n) is 26.9. The van der Waals surface area contributed by atoms with Crippen molar-refractivity contribution in [1.82, 2.24) is 29.9 Å². The summed E-state index contributed by atoms with van der Waals surface area (Å²) < 4.78 is 7.94. The fourth-order valence-electron chi connectivity index (χ4n) is 7.07. The number of aromatic nitrogens is 3. The number of aryl methyl sites for hydroxylation is 1. The molecule has 6 heterocycles. The van der Waals surface area contributed by atoms with Crippen LogP contribution in [0.5, 0.6) is 0 Å². The highest BCUT2D eigenvalue weighted by molar-refractivity contribution is 5.75.